The number of ether oxygens (including phenoxy) is 2. The molecule has 0 fully saturated rings. The van der Waals surface area contributed by atoms with Gasteiger partial charge in [0.25, 0.3) is 0 Å². The van der Waals surface area contributed by atoms with Gasteiger partial charge in [-0.3, -0.25) is 10.1 Å². The van der Waals surface area contributed by atoms with Gasteiger partial charge in [-0.15, -0.1) is 0 Å². The monoisotopic (exact) mass is 337 g/mol. The Bertz CT molecular complexity index is 630. The predicted molar refractivity (Wildman–Crippen MR) is 78.1 cm³/mol. The van der Waals surface area contributed by atoms with Crippen molar-refractivity contribution in [2.75, 3.05) is 7.11 Å². The largest absolute Gasteiger partial charge is 0.497 e. The zero-order valence-corrected chi connectivity index (χ0v) is 12.3. The first-order chi connectivity index (χ1) is 9.60. The highest BCUT2D eigenvalue weighted by Crippen LogP contribution is 2.31. The average Bonchev–Trinajstić information content (AvgIpc) is 2.44. The van der Waals surface area contributed by atoms with Gasteiger partial charge in [-0.25, -0.2) is 0 Å². The molecule has 0 aliphatic rings. The molecular formula is C14H12BrNO4. The molecule has 0 saturated heterocycles. The number of nitrogens with zero attached hydrogens (tertiary/aromatic N) is 1. The van der Waals surface area contributed by atoms with Gasteiger partial charge in [-0.05, 0) is 23.8 Å². The number of hydrogen-bond donors (Lipinski definition) is 0. The van der Waals surface area contributed by atoms with Crippen LogP contribution in [0.3, 0.4) is 0 Å². The molecule has 0 aromatic heterocycles. The van der Waals surface area contributed by atoms with E-state index in [0.29, 0.717) is 5.75 Å². The smallest absolute Gasteiger partial charge is 0.311 e. The standard InChI is InChI=1S/C14H12BrNO4/c1-19-12-5-6-13(16(17)18)14(8-12)20-9-10-3-2-4-11(15)7-10/h2-8H,9H2,1H3. The first kappa shape index (κ1) is 14.3. The summed E-state index contributed by atoms with van der Waals surface area (Å²) in [5.41, 5.74) is 0.831. The number of nitro groups is 1. The molecule has 20 heavy (non-hydrogen) atoms. The molecule has 0 amide bonds. The summed E-state index contributed by atoms with van der Waals surface area (Å²) in [4.78, 5) is 10.5. The Hall–Kier alpha value is -2.08. The van der Waals surface area contributed by atoms with Gasteiger partial charge in [0.1, 0.15) is 12.4 Å². The van der Waals surface area contributed by atoms with Gasteiger partial charge in [0.05, 0.1) is 12.0 Å². The van der Waals surface area contributed by atoms with Gasteiger partial charge in [-0.1, -0.05) is 28.1 Å². The first-order valence-corrected chi connectivity index (χ1v) is 6.59. The SMILES string of the molecule is COc1ccc([N+](=O)[O-])c(OCc2cccc(Br)c2)c1. The van der Waals surface area contributed by atoms with Crippen LogP contribution in [-0.2, 0) is 6.61 Å². The Balaban J connectivity index is 2.21. The fraction of sp³-hybridized carbons (Fsp3) is 0.143. The second kappa shape index (κ2) is 6.38. The van der Waals surface area contributed by atoms with E-state index in [1.165, 1.54) is 25.3 Å². The molecule has 0 unspecified atom stereocenters. The number of halogens is 1. The molecule has 0 radical (unpaired) electrons. The number of hydrogen-bond acceptors (Lipinski definition) is 4. The molecule has 2 rings (SSSR count). The molecule has 0 spiro atoms. The van der Waals surface area contributed by atoms with E-state index >= 15 is 0 Å². The van der Waals surface area contributed by atoms with E-state index in [1.54, 1.807) is 0 Å². The Labute approximate surface area is 124 Å². The average molecular weight is 338 g/mol. The lowest BCUT2D eigenvalue weighted by atomic mass is 10.2. The molecule has 6 heteroatoms. The summed E-state index contributed by atoms with van der Waals surface area (Å²) in [6.45, 7) is 0.243. The molecular weight excluding hydrogens is 326 g/mol. The van der Waals surface area contributed by atoms with Gasteiger partial charge in [-0.2, -0.15) is 0 Å². The minimum Gasteiger partial charge on any atom is -0.497 e. The Kier molecular flexibility index (Phi) is 4.57. The zero-order valence-electron chi connectivity index (χ0n) is 10.7. The molecule has 2 aromatic rings. The van der Waals surface area contributed by atoms with E-state index in [0.717, 1.165) is 10.0 Å². The van der Waals surface area contributed by atoms with Crippen molar-refractivity contribution >= 4 is 21.6 Å². The molecule has 0 saturated carbocycles. The van der Waals surface area contributed by atoms with Crippen LogP contribution in [0.1, 0.15) is 5.56 Å². The van der Waals surface area contributed by atoms with Crippen LogP contribution >= 0.6 is 15.9 Å². The summed E-state index contributed by atoms with van der Waals surface area (Å²) in [7, 11) is 1.50. The van der Waals surface area contributed by atoms with Crippen LogP contribution < -0.4 is 9.47 Å². The predicted octanol–water partition coefficient (Wildman–Crippen LogP) is 3.94. The van der Waals surface area contributed by atoms with E-state index in [2.05, 4.69) is 15.9 Å². The summed E-state index contributed by atoms with van der Waals surface area (Å²) in [5, 5.41) is 11.0. The van der Waals surface area contributed by atoms with Crippen molar-refractivity contribution in [1.82, 2.24) is 0 Å². The molecule has 2 aromatic carbocycles. The van der Waals surface area contributed by atoms with E-state index in [1.807, 2.05) is 24.3 Å². The maximum atomic E-state index is 11.0. The van der Waals surface area contributed by atoms with E-state index < -0.39 is 4.92 Å². The summed E-state index contributed by atoms with van der Waals surface area (Å²) < 4.78 is 11.5. The van der Waals surface area contributed by atoms with Gasteiger partial charge >= 0.3 is 5.69 Å². The van der Waals surface area contributed by atoms with Crippen LogP contribution in [0, 0.1) is 10.1 Å². The van der Waals surface area contributed by atoms with Crippen molar-refractivity contribution in [3.63, 3.8) is 0 Å². The lowest BCUT2D eigenvalue weighted by Gasteiger charge is -2.08. The highest BCUT2D eigenvalue weighted by molar-refractivity contribution is 9.10. The minimum atomic E-state index is -0.477. The molecule has 0 aliphatic carbocycles. The second-order valence-electron chi connectivity index (χ2n) is 4.01. The maximum absolute atomic E-state index is 11.0. The zero-order chi connectivity index (χ0) is 14.5. The van der Waals surface area contributed by atoms with E-state index in [-0.39, 0.29) is 18.0 Å². The number of methoxy groups -OCH3 is 1. The third-order valence-electron chi connectivity index (χ3n) is 2.65. The number of rotatable bonds is 5. The molecule has 5 nitrogen and oxygen atoms in total. The fourth-order valence-electron chi connectivity index (χ4n) is 1.68. The molecule has 0 heterocycles. The molecule has 0 bridgehead atoms. The van der Waals surface area contributed by atoms with Gasteiger partial charge in [0.15, 0.2) is 0 Å². The third kappa shape index (κ3) is 3.48. The van der Waals surface area contributed by atoms with Crippen LogP contribution in [0.4, 0.5) is 5.69 Å². The van der Waals surface area contributed by atoms with Crippen LogP contribution in [-0.4, -0.2) is 12.0 Å². The van der Waals surface area contributed by atoms with Crippen molar-refractivity contribution in [2.45, 2.75) is 6.61 Å². The third-order valence-corrected chi connectivity index (χ3v) is 3.14. The number of nitro benzene ring substituents is 1. The van der Waals surface area contributed by atoms with Crippen LogP contribution in [0.15, 0.2) is 46.9 Å². The summed E-state index contributed by atoms with van der Waals surface area (Å²) in [6.07, 6.45) is 0. The minimum absolute atomic E-state index is 0.0826. The molecule has 0 aliphatic heterocycles. The Morgan fingerprint density at radius 2 is 2.05 bits per heavy atom. The highest BCUT2D eigenvalue weighted by Gasteiger charge is 2.16. The van der Waals surface area contributed by atoms with Gasteiger partial charge in [0, 0.05) is 16.6 Å². The lowest BCUT2D eigenvalue weighted by molar-refractivity contribution is -0.386. The van der Waals surface area contributed by atoms with Crippen molar-refractivity contribution in [2.24, 2.45) is 0 Å². The molecule has 104 valence electrons. The van der Waals surface area contributed by atoms with Gasteiger partial charge < -0.3 is 9.47 Å². The highest BCUT2D eigenvalue weighted by atomic mass is 79.9. The van der Waals surface area contributed by atoms with Crippen molar-refractivity contribution < 1.29 is 14.4 Å². The summed E-state index contributed by atoms with van der Waals surface area (Å²) in [6, 6.07) is 12.0. The van der Waals surface area contributed by atoms with Crippen molar-refractivity contribution in [3.8, 4) is 11.5 Å². The Morgan fingerprint density at radius 3 is 2.70 bits per heavy atom. The number of benzene rings is 2. The topological polar surface area (TPSA) is 61.6 Å². The lowest BCUT2D eigenvalue weighted by Crippen LogP contribution is -1.99. The maximum Gasteiger partial charge on any atom is 0.311 e. The molecule has 0 atom stereocenters. The first-order valence-electron chi connectivity index (χ1n) is 5.80. The molecule has 0 N–H and O–H groups in total. The van der Waals surface area contributed by atoms with Crippen molar-refractivity contribution in [1.29, 1.82) is 0 Å². The van der Waals surface area contributed by atoms with E-state index in [4.69, 9.17) is 9.47 Å². The Morgan fingerprint density at radius 1 is 1.25 bits per heavy atom. The van der Waals surface area contributed by atoms with E-state index in [9.17, 15) is 10.1 Å². The summed E-state index contributed by atoms with van der Waals surface area (Å²) >= 11 is 3.37. The quantitative estimate of drug-likeness (QED) is 0.612. The van der Waals surface area contributed by atoms with Gasteiger partial charge in [0.2, 0.25) is 5.75 Å². The van der Waals surface area contributed by atoms with Crippen LogP contribution in [0.25, 0.3) is 0 Å². The van der Waals surface area contributed by atoms with Crippen LogP contribution in [0.2, 0.25) is 0 Å². The van der Waals surface area contributed by atoms with Crippen molar-refractivity contribution in [3.05, 3.63) is 62.6 Å². The van der Waals surface area contributed by atoms with Crippen LogP contribution in [0.5, 0.6) is 11.5 Å². The summed E-state index contributed by atoms with van der Waals surface area (Å²) in [5.74, 6) is 0.703. The normalized spacial score (nSPS) is 10.1. The second-order valence-corrected chi connectivity index (χ2v) is 4.93. The fourth-order valence-corrected chi connectivity index (χ4v) is 2.12.